The molecule has 4 aromatic rings. The van der Waals surface area contributed by atoms with E-state index in [1.807, 2.05) is 0 Å². The van der Waals surface area contributed by atoms with Gasteiger partial charge in [-0.1, -0.05) is 18.2 Å². The predicted octanol–water partition coefficient (Wildman–Crippen LogP) is 1.61. The number of nitrogens with zero attached hydrogens (tertiary/aromatic N) is 5. The molecule has 0 aliphatic rings. The van der Waals surface area contributed by atoms with E-state index in [0.717, 1.165) is 4.52 Å². The summed E-state index contributed by atoms with van der Waals surface area (Å²) >= 11 is 2.37. The zero-order chi connectivity index (χ0) is 16.0. The molecule has 4 rings (SSSR count). The summed E-state index contributed by atoms with van der Waals surface area (Å²) in [5, 5.41) is 12.1. The highest BCUT2D eigenvalue weighted by molar-refractivity contribution is 6.30. The second kappa shape index (κ2) is 5.05. The van der Waals surface area contributed by atoms with E-state index in [1.54, 1.807) is 36.5 Å². The van der Waals surface area contributed by atoms with E-state index in [1.165, 1.54) is 12.1 Å². The molecule has 0 saturated carbocycles. The molecule has 0 amide bonds. The van der Waals surface area contributed by atoms with Crippen molar-refractivity contribution in [2.75, 3.05) is 0 Å². The molecule has 3 heterocycles. The highest BCUT2D eigenvalue weighted by Gasteiger charge is 2.40. The largest absolute Gasteiger partial charge is 0.333 e. The van der Waals surface area contributed by atoms with Gasteiger partial charge in [-0.3, -0.25) is 4.98 Å². The van der Waals surface area contributed by atoms with Crippen LogP contribution >= 0.6 is 0 Å². The van der Waals surface area contributed by atoms with Crippen molar-refractivity contribution in [3.63, 3.8) is 0 Å². The first kappa shape index (κ1) is 14.2. The van der Waals surface area contributed by atoms with Crippen molar-refractivity contribution in [2.24, 2.45) is 0 Å². The van der Waals surface area contributed by atoms with Crippen molar-refractivity contribution in [2.45, 2.75) is 5.92 Å². The number of hydrogen-bond donors (Lipinski definition) is 0. The van der Waals surface area contributed by atoms with Gasteiger partial charge in [0.05, 0.1) is 5.52 Å². The summed E-state index contributed by atoms with van der Waals surface area (Å²) in [6.07, 6.45) is 1.62. The molecule has 1 aromatic carbocycles. The number of hydrogen-bond acceptors (Lipinski definition) is 4. The Hall–Kier alpha value is -2.43. The van der Waals surface area contributed by atoms with Crippen molar-refractivity contribution >= 4 is 37.4 Å². The third-order valence-corrected chi connectivity index (χ3v) is 3.84. The molecule has 2 radical (unpaired) electrons. The van der Waals surface area contributed by atoms with Gasteiger partial charge in [0, 0.05) is 17.1 Å². The van der Waals surface area contributed by atoms with Gasteiger partial charge < -0.3 is 0 Å². The summed E-state index contributed by atoms with van der Waals surface area (Å²) < 4.78 is 31.4. The van der Waals surface area contributed by atoms with Gasteiger partial charge in [-0.2, -0.15) is 18.4 Å². The zero-order valence-corrected chi connectivity index (χ0v) is 12.8. The van der Waals surface area contributed by atoms with Crippen LogP contribution in [-0.2, 0) is 5.92 Å². The Kier molecular flexibility index (Phi) is 3.11. The van der Waals surface area contributed by atoms with Gasteiger partial charge in [-0.05, 0) is 28.8 Å². The normalized spacial score (nSPS) is 12.1. The van der Waals surface area contributed by atoms with Gasteiger partial charge >= 0.3 is 5.92 Å². The lowest BCUT2D eigenvalue weighted by molar-refractivity contribution is 0.0308. The van der Waals surface area contributed by atoms with Crippen LogP contribution in [-0.4, -0.2) is 41.1 Å². The molecular weight excluding hydrogens is 315 g/mol. The Bertz CT molecular complexity index is 1030. The maximum Gasteiger partial charge on any atom is 0.333 e. The molecule has 0 N–H and O–H groups in total. The zero-order valence-electron chi connectivity index (χ0n) is 11.7. The maximum absolute atomic E-state index is 14.9. The van der Waals surface area contributed by atoms with Crippen molar-refractivity contribution in [1.82, 2.24) is 24.8 Å². The number of pyridine rings is 1. The molecule has 0 bridgehead atoms. The lowest BCUT2D eigenvalue weighted by Gasteiger charge is -2.15. The number of alkyl halides is 2. The first-order chi connectivity index (χ1) is 11.1. The third kappa shape index (κ3) is 2.27. The van der Waals surface area contributed by atoms with Crippen LogP contribution in [0.4, 0.5) is 8.78 Å². The van der Waals surface area contributed by atoms with E-state index >= 15 is 0 Å². The predicted molar refractivity (Wildman–Crippen MR) is 80.9 cm³/mol. The average Bonchev–Trinajstić information content (AvgIpc) is 2.98. The highest BCUT2D eigenvalue weighted by atomic mass is 27.0. The summed E-state index contributed by atoms with van der Waals surface area (Å²) in [7, 11) is 0. The molecule has 0 atom stereocenters. The van der Waals surface area contributed by atoms with Crippen LogP contribution in [0.5, 0.6) is 0 Å². The fourth-order valence-corrected chi connectivity index (χ4v) is 2.61. The van der Waals surface area contributed by atoms with E-state index in [4.69, 9.17) is 0 Å². The minimum absolute atomic E-state index is 0.178. The number of halogens is 2. The molecular formula is C15H8AlF2N5. The molecule has 0 aliphatic heterocycles. The van der Waals surface area contributed by atoms with Crippen molar-refractivity contribution in [3.8, 4) is 0 Å². The fraction of sp³-hybridized carbons (Fsp3) is 0.0667. The van der Waals surface area contributed by atoms with Gasteiger partial charge in [0.25, 0.3) is 0 Å². The maximum atomic E-state index is 14.9. The summed E-state index contributed by atoms with van der Waals surface area (Å²) in [5.41, 5.74) is 0.750. The molecule has 0 spiro atoms. The van der Waals surface area contributed by atoms with E-state index in [2.05, 4.69) is 36.6 Å². The molecule has 0 fully saturated rings. The van der Waals surface area contributed by atoms with E-state index in [9.17, 15) is 8.78 Å². The number of rotatable bonds is 2. The summed E-state index contributed by atoms with van der Waals surface area (Å²) in [6, 6.07) is 11.0. The molecule has 8 heteroatoms. The standard InChI is InChI=1S/C15H8F2N5.Al/c16-15(17,14-21-20-13-4-2-8-19-22(13)14)11-5-6-12-10(9-11)3-1-7-18-12;/h1-7,9H;. The van der Waals surface area contributed by atoms with Crippen molar-refractivity contribution in [1.29, 1.82) is 0 Å². The van der Waals surface area contributed by atoms with Crippen molar-refractivity contribution < 1.29 is 8.78 Å². The first-order valence-corrected chi connectivity index (χ1v) is 7.35. The number of fused-ring (bicyclic) bond motifs is 2. The monoisotopic (exact) mass is 323 g/mol. The quantitative estimate of drug-likeness (QED) is 0.526. The van der Waals surface area contributed by atoms with Gasteiger partial charge in [0.1, 0.15) is 0 Å². The molecule has 0 unspecified atom stereocenters. The SMILES string of the molecule is FC(F)(c1ccc2ncccc2c1)c1nnc2cc[c]([Al])nn12. The molecule has 23 heavy (non-hydrogen) atoms. The summed E-state index contributed by atoms with van der Waals surface area (Å²) in [5.74, 6) is -3.84. The molecule has 0 aliphatic carbocycles. The first-order valence-electron chi connectivity index (χ1n) is 6.77. The lowest BCUT2D eigenvalue weighted by Crippen LogP contribution is -2.22. The fourth-order valence-electron chi connectivity index (χ4n) is 2.40. The highest BCUT2D eigenvalue weighted by Crippen LogP contribution is 2.35. The molecule has 110 valence electrons. The van der Waals surface area contributed by atoms with Crippen molar-refractivity contribution in [3.05, 3.63) is 60.0 Å². The molecule has 0 saturated heterocycles. The van der Waals surface area contributed by atoms with Crippen LogP contribution in [0.2, 0.25) is 0 Å². The Balaban J connectivity index is 1.91. The van der Waals surface area contributed by atoms with Crippen LogP contribution in [0.15, 0.2) is 48.7 Å². The second-order valence-electron chi connectivity index (χ2n) is 5.04. The van der Waals surface area contributed by atoms with E-state index < -0.39 is 11.7 Å². The Morgan fingerprint density at radius 1 is 1.04 bits per heavy atom. The smallest absolute Gasteiger partial charge is 0.256 e. The van der Waals surface area contributed by atoms with Gasteiger partial charge in [0.2, 0.25) is 22.1 Å². The van der Waals surface area contributed by atoms with Crippen LogP contribution in [0.25, 0.3) is 16.6 Å². The Morgan fingerprint density at radius 2 is 1.91 bits per heavy atom. The van der Waals surface area contributed by atoms with Gasteiger partial charge in [0.15, 0.2) is 5.65 Å². The minimum Gasteiger partial charge on any atom is -0.256 e. The minimum atomic E-state index is -3.32. The summed E-state index contributed by atoms with van der Waals surface area (Å²) in [6.45, 7) is 0. The topological polar surface area (TPSA) is 56.0 Å². The lowest BCUT2D eigenvalue weighted by atomic mass is 10.0. The second-order valence-corrected chi connectivity index (χ2v) is 5.63. The average molecular weight is 323 g/mol. The summed E-state index contributed by atoms with van der Waals surface area (Å²) in [4.78, 5) is 4.14. The van der Waals surface area contributed by atoms with E-state index in [-0.39, 0.29) is 11.2 Å². The Morgan fingerprint density at radius 3 is 2.78 bits per heavy atom. The van der Waals surface area contributed by atoms with Gasteiger partial charge in [-0.15, -0.1) is 10.2 Å². The van der Waals surface area contributed by atoms with Crippen LogP contribution in [0.1, 0.15) is 11.4 Å². The van der Waals surface area contributed by atoms with Gasteiger partial charge in [-0.25, -0.2) is 0 Å². The molecule has 5 nitrogen and oxygen atoms in total. The Labute approximate surface area is 137 Å². The third-order valence-electron chi connectivity index (χ3n) is 3.53. The number of aromatic nitrogens is 5. The van der Waals surface area contributed by atoms with Crippen LogP contribution in [0, 0.1) is 0 Å². The van der Waals surface area contributed by atoms with Crippen LogP contribution in [0.3, 0.4) is 0 Å². The molecule has 3 aromatic heterocycles. The van der Waals surface area contributed by atoms with E-state index in [0.29, 0.717) is 15.5 Å². The number of benzene rings is 1. The van der Waals surface area contributed by atoms with Crippen LogP contribution < -0.4 is 4.56 Å².